The molecule has 3 heteroatoms. The highest BCUT2D eigenvalue weighted by molar-refractivity contribution is 4.98. The molecule has 0 aromatic heterocycles. The van der Waals surface area contributed by atoms with E-state index in [1.165, 1.54) is 154 Å². The predicted octanol–water partition coefficient (Wildman–Crippen LogP) is 26.9. The van der Waals surface area contributed by atoms with Crippen molar-refractivity contribution in [2.24, 2.45) is 138 Å². The number of piperidine rings is 1. The highest BCUT2D eigenvalue weighted by Gasteiger charge is 2.48. The van der Waals surface area contributed by atoms with Crippen molar-refractivity contribution in [2.45, 2.75) is 363 Å². The fourth-order valence-corrected chi connectivity index (χ4v) is 19.9. The molecule has 0 amide bonds. The number of rotatable bonds is 16. The molecule has 0 radical (unpaired) electrons. The summed E-state index contributed by atoms with van der Waals surface area (Å²) in [5, 5.41) is 0. The van der Waals surface area contributed by atoms with E-state index in [2.05, 4.69) is 234 Å². The first-order valence-electron chi connectivity index (χ1n) is 39.5. The molecule has 0 aromatic carbocycles. The van der Waals surface area contributed by atoms with Gasteiger partial charge in [0.1, 0.15) is 0 Å². The fraction of sp³-hybridized carbons (Fsp3) is 1.00. The molecule has 0 unspecified atom stereocenters. The fourth-order valence-electron chi connectivity index (χ4n) is 19.9. The van der Waals surface area contributed by atoms with E-state index in [-0.39, 0.29) is 0 Å². The lowest BCUT2D eigenvalue weighted by Crippen LogP contribution is -2.50. The maximum Gasteiger partial charge on any atom is 0.0549 e. The lowest BCUT2D eigenvalue weighted by atomic mass is 9.56. The van der Waals surface area contributed by atoms with E-state index in [1.807, 2.05) is 0 Å². The van der Waals surface area contributed by atoms with E-state index in [4.69, 9.17) is 9.47 Å². The third-order valence-corrected chi connectivity index (χ3v) is 29.4. The normalized spacial score (nSPS) is 23.6. The first-order valence-corrected chi connectivity index (χ1v) is 39.5. The number of hydrogen-bond acceptors (Lipinski definition) is 3. The zero-order chi connectivity index (χ0) is 68.0. The third kappa shape index (κ3) is 22.2. The molecule has 0 atom stereocenters. The summed E-state index contributed by atoms with van der Waals surface area (Å²) in [5.74, 6) is 13.6. The van der Waals surface area contributed by atoms with E-state index in [0.29, 0.717) is 27.1 Å². The maximum atomic E-state index is 5.43. The molecule has 5 saturated carbocycles. The average molecular weight is 1240 g/mol. The molecule has 8 rings (SSSR count). The maximum absolute atomic E-state index is 5.43. The molecule has 3 heterocycles. The minimum atomic E-state index is 0.500. The van der Waals surface area contributed by atoms with Crippen LogP contribution in [0, 0.1) is 138 Å². The molecule has 528 valence electrons. The largest absolute Gasteiger partial charge is 0.381 e. The van der Waals surface area contributed by atoms with Gasteiger partial charge in [-0.05, 0) is 243 Å². The molecule has 8 fully saturated rings. The summed E-state index contributed by atoms with van der Waals surface area (Å²) in [4.78, 5) is 2.46. The molecule has 0 bridgehead atoms. The Kier molecular flexibility index (Phi) is 37.7. The summed E-state index contributed by atoms with van der Waals surface area (Å²) < 4.78 is 10.7. The van der Waals surface area contributed by atoms with E-state index in [9.17, 15) is 0 Å². The summed E-state index contributed by atoms with van der Waals surface area (Å²) in [7, 11) is 2.24. The monoisotopic (exact) mass is 1240 g/mol. The summed E-state index contributed by atoms with van der Waals surface area (Å²) in [6.07, 6.45) is 31.8. The molecule has 3 saturated heterocycles. The van der Waals surface area contributed by atoms with Gasteiger partial charge in [0, 0.05) is 18.6 Å². The zero-order valence-corrected chi connectivity index (χ0v) is 67.3. The Balaban J connectivity index is 0.000000504. The van der Waals surface area contributed by atoms with Gasteiger partial charge in [-0.25, -0.2) is 0 Å². The van der Waals surface area contributed by atoms with Crippen molar-refractivity contribution in [3.8, 4) is 0 Å². The summed E-state index contributed by atoms with van der Waals surface area (Å²) in [5.41, 5.74) is 5.22. The second-order valence-corrected chi connectivity index (χ2v) is 37.1. The van der Waals surface area contributed by atoms with Gasteiger partial charge in [-0.2, -0.15) is 0 Å². The first-order chi connectivity index (χ1) is 40.6. The van der Waals surface area contributed by atoms with Gasteiger partial charge in [0.25, 0.3) is 0 Å². The quantitative estimate of drug-likeness (QED) is 0.154. The third-order valence-electron chi connectivity index (χ3n) is 29.4. The summed E-state index contributed by atoms with van der Waals surface area (Å²) in [6, 6.07) is 0. The van der Waals surface area contributed by atoms with Gasteiger partial charge < -0.3 is 14.4 Å². The van der Waals surface area contributed by atoms with Crippen molar-refractivity contribution >= 4 is 0 Å². The molecule has 5 aliphatic carbocycles. The van der Waals surface area contributed by atoms with Crippen LogP contribution in [0.1, 0.15) is 363 Å². The number of likely N-dealkylation sites (tertiary alicyclic amines) is 1. The molecule has 0 aromatic rings. The molecule has 3 aliphatic heterocycles. The van der Waals surface area contributed by atoms with Crippen LogP contribution in [0.5, 0.6) is 0 Å². The molecular formula is C85H171NO2. The summed E-state index contributed by atoms with van der Waals surface area (Å²) >= 11 is 0. The van der Waals surface area contributed by atoms with E-state index in [0.717, 1.165) is 137 Å². The topological polar surface area (TPSA) is 21.7 Å². The van der Waals surface area contributed by atoms with Gasteiger partial charge >= 0.3 is 0 Å². The van der Waals surface area contributed by atoms with Gasteiger partial charge in [-0.1, -0.05) is 273 Å². The summed E-state index contributed by atoms with van der Waals surface area (Å²) in [6.45, 7) is 82.3. The lowest BCUT2D eigenvalue weighted by Gasteiger charge is -2.49. The van der Waals surface area contributed by atoms with Gasteiger partial charge in [0.15, 0.2) is 0 Å². The van der Waals surface area contributed by atoms with Crippen molar-refractivity contribution in [1.29, 1.82) is 0 Å². The SMILES string of the molecule is CC(C)C1(C(C)C)CC1.CC(C)C1(C(C)C)CCC1.CC(C)C1(C(C)C)CCC1.CC(C)C1(C(C)C)CCCCC1.CC(C)C1(C(C)C)CCCCC1.CC(C)C1(C(C)C)CCN(C)CC1.CC(C)C1(C(C)C)CCOCC1.CC(C)C1(C(C)C)COC1. The zero-order valence-electron chi connectivity index (χ0n) is 67.3. The molecule has 0 N–H and O–H groups in total. The standard InChI is InChI=1S/C12H25N.2C12H24.C11H22O.2C10H20.C9H18O.C9H18/c1-10(2)12(11(3)4)6-8-13(5)9-7-12;2*1-10(2)12(11(3)4)8-6-5-7-9-12;1-9(2)11(10(3)4)5-7-12-8-6-11;2*1-8(2)10(9(3)4)6-5-7-10;1-7(2)9(8(3)4)5-10-6-9;1-7(2)9(5-6-9)8(3)4/h10-11H,6-9H2,1-5H3;2*10-11H,5-9H2,1-4H3;9-10H,5-8H2,1-4H3;2*8-9H,5-7H2,1-4H3;7-8H,5-6H2,1-4H3;7-8H,5-6H2,1-4H3. The number of ether oxygens (including phenoxy) is 2. The van der Waals surface area contributed by atoms with Crippen molar-refractivity contribution in [3.63, 3.8) is 0 Å². The Labute approximate surface area is 558 Å². The molecular weight excluding hydrogens is 1070 g/mol. The Hall–Kier alpha value is -0.120. The molecule has 8 aliphatic rings. The van der Waals surface area contributed by atoms with Gasteiger partial charge in [0.05, 0.1) is 13.2 Å². The van der Waals surface area contributed by atoms with Crippen LogP contribution in [-0.4, -0.2) is 51.5 Å². The smallest absolute Gasteiger partial charge is 0.0549 e. The van der Waals surface area contributed by atoms with Crippen LogP contribution in [0.4, 0.5) is 0 Å². The van der Waals surface area contributed by atoms with Gasteiger partial charge in [0.2, 0.25) is 0 Å². The van der Waals surface area contributed by atoms with Crippen LogP contribution in [0.3, 0.4) is 0 Å². The Morgan fingerprint density at radius 2 is 0.375 bits per heavy atom. The van der Waals surface area contributed by atoms with E-state index >= 15 is 0 Å². The molecule has 0 spiro atoms. The highest BCUT2D eigenvalue weighted by Crippen LogP contribution is 2.58. The van der Waals surface area contributed by atoms with Gasteiger partial charge in [-0.15, -0.1) is 0 Å². The second kappa shape index (κ2) is 38.6. The van der Waals surface area contributed by atoms with Crippen LogP contribution in [-0.2, 0) is 9.47 Å². The van der Waals surface area contributed by atoms with Crippen molar-refractivity contribution < 1.29 is 9.47 Å². The highest BCUT2D eigenvalue weighted by atomic mass is 16.5. The Morgan fingerprint density at radius 3 is 0.489 bits per heavy atom. The van der Waals surface area contributed by atoms with Crippen LogP contribution in [0.25, 0.3) is 0 Å². The van der Waals surface area contributed by atoms with Crippen LogP contribution >= 0.6 is 0 Å². The Morgan fingerprint density at radius 1 is 0.193 bits per heavy atom. The number of nitrogens with zero attached hydrogens (tertiary/aromatic N) is 1. The van der Waals surface area contributed by atoms with Crippen molar-refractivity contribution in [1.82, 2.24) is 4.90 Å². The second-order valence-electron chi connectivity index (χ2n) is 37.1. The van der Waals surface area contributed by atoms with Crippen LogP contribution in [0.2, 0.25) is 0 Å². The minimum absolute atomic E-state index is 0.500. The number of hydrogen-bond donors (Lipinski definition) is 0. The first kappa shape index (κ1) is 85.9. The molecule has 88 heavy (non-hydrogen) atoms. The van der Waals surface area contributed by atoms with Crippen LogP contribution in [0.15, 0.2) is 0 Å². The van der Waals surface area contributed by atoms with Crippen molar-refractivity contribution in [3.05, 3.63) is 0 Å². The average Bonchev–Trinajstić information content (AvgIpc) is 4.22. The molecule has 3 nitrogen and oxygen atoms in total. The minimum Gasteiger partial charge on any atom is -0.381 e. The predicted molar refractivity (Wildman–Crippen MR) is 398 cm³/mol. The van der Waals surface area contributed by atoms with E-state index < -0.39 is 0 Å². The van der Waals surface area contributed by atoms with Gasteiger partial charge in [-0.3, -0.25) is 0 Å². The lowest BCUT2D eigenvalue weighted by molar-refractivity contribution is -0.164. The van der Waals surface area contributed by atoms with Crippen LogP contribution < -0.4 is 0 Å². The Bertz CT molecular complexity index is 1510. The van der Waals surface area contributed by atoms with Crippen molar-refractivity contribution in [2.75, 3.05) is 46.6 Å². The van der Waals surface area contributed by atoms with E-state index in [1.54, 1.807) is 0 Å².